The number of aromatic nitrogens is 2. The Kier molecular flexibility index (Phi) is 16.1. The van der Waals surface area contributed by atoms with E-state index >= 15 is 13.2 Å². The molecule has 0 amide bonds. The van der Waals surface area contributed by atoms with Crippen LogP contribution in [0.4, 0.5) is 119 Å². The second-order valence-corrected chi connectivity index (χ2v) is 22.9. The summed E-state index contributed by atoms with van der Waals surface area (Å²) in [6, 6.07) is 19.3. The summed E-state index contributed by atoms with van der Waals surface area (Å²) in [6.07, 6.45) is -50.1. The SMILES string of the molecule is N#Cc1cccc(-c2cc(-n3c4cc(-c5cc(C(F)(F)F)cc(C(F)(F)F)c5)ccc4c4ccc(-c5cc(C(F)(F)F)cc(C(F)(F)F)c5)cc43)c(C(F)(F)F)c(-n3c4cc(-c5cc(C(F)(F)F)cc(C(F)(F)F)c5)ccc4c4ccc(-c5cc(C(F)(F)F)cc(C(F)(F)F)c5)cc43)c2)c1. The Morgan fingerprint density at radius 2 is 0.440 bits per heavy atom. The molecule has 12 aromatic rings. The Morgan fingerprint density at radius 3 is 0.650 bits per heavy atom. The van der Waals surface area contributed by atoms with Gasteiger partial charge in [-0.3, -0.25) is 0 Å². The minimum absolute atomic E-state index is 0.229. The number of alkyl halides is 27. The minimum atomic E-state index is -5.97. The van der Waals surface area contributed by atoms with Crippen LogP contribution in [0.1, 0.15) is 55.6 Å². The predicted octanol–water partition coefficient (Wildman–Crippen LogP) is 25.3. The van der Waals surface area contributed by atoms with Gasteiger partial charge in [-0.1, -0.05) is 60.7 Å². The number of nitriles is 1. The maximum absolute atomic E-state index is 17.5. The van der Waals surface area contributed by atoms with E-state index < -0.39 is 189 Å². The van der Waals surface area contributed by atoms with Gasteiger partial charge in [-0.2, -0.15) is 124 Å². The molecule has 0 aliphatic rings. The lowest BCUT2D eigenvalue weighted by Crippen LogP contribution is -2.16. The summed E-state index contributed by atoms with van der Waals surface area (Å²) in [5.41, 5.74) is -29.5. The summed E-state index contributed by atoms with van der Waals surface area (Å²) in [5.74, 6) is 0. The molecule has 0 radical (unpaired) electrons. The molecular weight excluding hydrogens is 1400 g/mol. The number of hydrogen-bond donors (Lipinski definition) is 0. The zero-order valence-electron chi connectivity index (χ0n) is 48.9. The van der Waals surface area contributed by atoms with Crippen molar-refractivity contribution >= 4 is 43.6 Å². The molecule has 0 aliphatic heterocycles. The fraction of sp³-hybridized carbons (Fsp3) is 0.129. The monoisotopic (exact) mass is 1430 g/mol. The first-order valence-electron chi connectivity index (χ1n) is 28.3. The minimum Gasteiger partial charge on any atom is -0.308 e. The summed E-state index contributed by atoms with van der Waals surface area (Å²) in [6.45, 7) is 0. The van der Waals surface area contributed by atoms with E-state index in [9.17, 15) is 111 Å². The molecule has 514 valence electrons. The Labute approximate surface area is 541 Å². The van der Waals surface area contributed by atoms with Crippen molar-refractivity contribution in [2.45, 2.75) is 55.6 Å². The molecular formula is C70H30F27N3. The summed E-state index contributed by atoms with van der Waals surface area (Å²) in [5, 5.41) is 8.90. The Hall–Kier alpha value is -10.6. The van der Waals surface area contributed by atoms with E-state index in [0.717, 1.165) is 78.9 Å². The molecule has 12 rings (SSSR count). The van der Waals surface area contributed by atoms with Gasteiger partial charge in [0.25, 0.3) is 0 Å². The zero-order valence-corrected chi connectivity index (χ0v) is 48.9. The van der Waals surface area contributed by atoms with Crippen molar-refractivity contribution in [3.63, 3.8) is 0 Å². The summed E-state index contributed by atoms with van der Waals surface area (Å²) < 4.78 is 401. The lowest BCUT2D eigenvalue weighted by molar-refractivity contribution is -0.144. The fourth-order valence-electron chi connectivity index (χ4n) is 12.0. The molecule has 0 fully saturated rings. The highest BCUT2D eigenvalue weighted by molar-refractivity contribution is 6.13. The van der Waals surface area contributed by atoms with Gasteiger partial charge in [0.05, 0.1) is 89.6 Å². The summed E-state index contributed by atoms with van der Waals surface area (Å²) in [4.78, 5) is 0. The first-order chi connectivity index (χ1) is 46.1. The number of fused-ring (bicyclic) bond motifs is 6. The van der Waals surface area contributed by atoms with Gasteiger partial charge in [-0.25, -0.2) is 0 Å². The maximum atomic E-state index is 17.5. The van der Waals surface area contributed by atoms with Gasteiger partial charge in [-0.15, -0.1) is 0 Å². The van der Waals surface area contributed by atoms with Crippen molar-refractivity contribution in [2.75, 3.05) is 0 Å². The smallest absolute Gasteiger partial charge is 0.308 e. The van der Waals surface area contributed by atoms with Gasteiger partial charge in [0.2, 0.25) is 0 Å². The van der Waals surface area contributed by atoms with Gasteiger partial charge in [0.15, 0.2) is 0 Å². The molecule has 0 saturated carbocycles. The van der Waals surface area contributed by atoms with Gasteiger partial charge in [-0.05, 0) is 177 Å². The van der Waals surface area contributed by atoms with Crippen LogP contribution in [0.3, 0.4) is 0 Å². The molecule has 0 aliphatic carbocycles. The van der Waals surface area contributed by atoms with Crippen molar-refractivity contribution in [1.29, 1.82) is 5.26 Å². The molecule has 0 unspecified atom stereocenters. The van der Waals surface area contributed by atoms with Crippen LogP contribution in [-0.2, 0) is 55.6 Å². The molecule has 2 aromatic heterocycles. The fourth-order valence-corrected chi connectivity index (χ4v) is 12.0. The van der Waals surface area contributed by atoms with E-state index in [4.69, 9.17) is 0 Å². The number of nitrogens with zero attached hydrogens (tertiary/aromatic N) is 3. The normalized spacial score (nSPS) is 13.3. The molecule has 0 spiro atoms. The average molecular weight is 1430 g/mol. The van der Waals surface area contributed by atoms with Crippen molar-refractivity contribution in [2.24, 2.45) is 0 Å². The third-order valence-corrected chi connectivity index (χ3v) is 16.4. The summed E-state index contributed by atoms with van der Waals surface area (Å²) in [7, 11) is 0. The largest absolute Gasteiger partial charge is 0.420 e. The van der Waals surface area contributed by atoms with Crippen molar-refractivity contribution in [1.82, 2.24) is 9.13 Å². The van der Waals surface area contributed by atoms with Crippen LogP contribution in [0.15, 0.2) is 182 Å². The molecule has 0 bridgehead atoms. The predicted molar refractivity (Wildman–Crippen MR) is 312 cm³/mol. The van der Waals surface area contributed by atoms with E-state index in [1.807, 2.05) is 0 Å². The van der Waals surface area contributed by atoms with E-state index in [1.54, 1.807) is 6.07 Å². The van der Waals surface area contributed by atoms with Crippen LogP contribution in [-0.4, -0.2) is 9.13 Å². The highest BCUT2D eigenvalue weighted by atomic mass is 19.4. The lowest BCUT2D eigenvalue weighted by Gasteiger charge is -2.23. The van der Waals surface area contributed by atoms with Gasteiger partial charge in [0, 0.05) is 21.5 Å². The van der Waals surface area contributed by atoms with Gasteiger partial charge in [0.1, 0.15) is 5.56 Å². The van der Waals surface area contributed by atoms with Crippen LogP contribution >= 0.6 is 0 Å². The quantitative estimate of drug-likeness (QED) is 0.146. The van der Waals surface area contributed by atoms with Crippen LogP contribution in [0.2, 0.25) is 0 Å². The Bertz CT molecular complexity index is 4670. The molecule has 10 aromatic carbocycles. The van der Waals surface area contributed by atoms with Crippen molar-refractivity contribution < 1.29 is 119 Å². The highest BCUT2D eigenvalue weighted by Crippen LogP contribution is 2.51. The molecule has 0 saturated heterocycles. The number of halogens is 27. The zero-order chi connectivity index (χ0) is 72.9. The maximum Gasteiger partial charge on any atom is 0.420 e. The molecule has 2 heterocycles. The van der Waals surface area contributed by atoms with Crippen LogP contribution < -0.4 is 0 Å². The van der Waals surface area contributed by atoms with E-state index in [1.165, 1.54) is 18.2 Å². The molecule has 0 atom stereocenters. The Balaban J connectivity index is 1.29. The second-order valence-electron chi connectivity index (χ2n) is 22.9. The topological polar surface area (TPSA) is 33.6 Å². The van der Waals surface area contributed by atoms with Gasteiger partial charge >= 0.3 is 55.6 Å². The summed E-state index contributed by atoms with van der Waals surface area (Å²) >= 11 is 0. The first-order valence-corrected chi connectivity index (χ1v) is 28.3. The molecule has 0 N–H and O–H groups in total. The number of hydrogen-bond acceptors (Lipinski definition) is 1. The third kappa shape index (κ3) is 13.1. The molecule has 30 heteroatoms. The van der Waals surface area contributed by atoms with E-state index in [2.05, 4.69) is 0 Å². The second kappa shape index (κ2) is 23.3. The van der Waals surface area contributed by atoms with Crippen molar-refractivity contribution in [3.8, 4) is 73.1 Å². The van der Waals surface area contributed by atoms with Gasteiger partial charge < -0.3 is 9.13 Å². The number of benzene rings is 10. The van der Waals surface area contributed by atoms with Crippen molar-refractivity contribution in [3.05, 3.63) is 238 Å². The van der Waals surface area contributed by atoms with Crippen LogP contribution in [0.25, 0.3) is 111 Å². The van der Waals surface area contributed by atoms with E-state index in [-0.39, 0.29) is 105 Å². The highest BCUT2D eigenvalue weighted by Gasteiger charge is 2.44. The molecule has 100 heavy (non-hydrogen) atoms. The van der Waals surface area contributed by atoms with E-state index in [0.29, 0.717) is 21.3 Å². The number of rotatable bonds is 7. The first kappa shape index (κ1) is 69.3. The standard InChI is InChI=1S/C70H30F27N3/c71-62(72,73)43-13-38(14-44(27-43)63(74,75)76)34-4-8-51-52-9-5-35(39-15-45(64(77,78)79)28-46(16-39)65(80,81)82)22-56(52)99(55(51)21-34)59-25-42(33-3-1-2-32(12-33)31-98)26-60(61(59)70(95,96)97)100-57-23-36(40-17-47(66(83,84)85)29-48(18-40)67(86,87)88)6-10-53(57)54-11-7-37(24-58(54)100)41-19-49(68(89,90)91)30-50(20-41)69(92,93)94/h1-30H. The van der Waals surface area contributed by atoms with Crippen LogP contribution in [0.5, 0.6) is 0 Å². The lowest BCUT2D eigenvalue weighted by atomic mass is 9.97. The Morgan fingerprint density at radius 1 is 0.220 bits per heavy atom. The molecule has 3 nitrogen and oxygen atoms in total. The van der Waals surface area contributed by atoms with Crippen LogP contribution in [0, 0.1) is 11.3 Å². The third-order valence-electron chi connectivity index (χ3n) is 16.4. The average Bonchev–Trinajstić information content (AvgIpc) is 1.54.